The normalized spacial score (nSPS) is 11.1. The van der Waals surface area contributed by atoms with E-state index in [9.17, 15) is 18.0 Å². The van der Waals surface area contributed by atoms with Gasteiger partial charge in [-0.25, -0.2) is 13.1 Å². The summed E-state index contributed by atoms with van der Waals surface area (Å²) in [6.07, 6.45) is 0. The van der Waals surface area contributed by atoms with E-state index in [1.807, 2.05) is 0 Å². The number of primary amides is 1. The Kier molecular flexibility index (Phi) is 4.62. The first kappa shape index (κ1) is 15.1. The number of carbonyl (C=O) groups is 2. The first-order valence-electron chi connectivity index (χ1n) is 5.38. The molecule has 0 heterocycles. The van der Waals surface area contributed by atoms with Crippen molar-refractivity contribution in [1.29, 1.82) is 0 Å². The lowest BCUT2D eigenvalue weighted by molar-refractivity contribution is -0.117. The molecule has 104 valence electrons. The highest BCUT2D eigenvalue weighted by Crippen LogP contribution is 2.19. The third-order valence-electron chi connectivity index (χ3n) is 2.23. The Hall–Kier alpha value is -1.93. The van der Waals surface area contributed by atoms with Crippen LogP contribution in [0.3, 0.4) is 0 Å². The fourth-order valence-electron chi connectivity index (χ4n) is 1.41. The maximum atomic E-state index is 12.0. The van der Waals surface area contributed by atoms with E-state index in [4.69, 9.17) is 5.73 Å². The second-order valence-corrected chi connectivity index (χ2v) is 5.69. The highest BCUT2D eigenvalue weighted by Gasteiger charge is 2.18. The van der Waals surface area contributed by atoms with Crippen molar-refractivity contribution in [2.45, 2.75) is 18.7 Å². The quantitative estimate of drug-likeness (QED) is 0.689. The van der Waals surface area contributed by atoms with Crippen molar-refractivity contribution in [2.75, 3.05) is 11.9 Å². The van der Waals surface area contributed by atoms with Crippen LogP contribution in [0, 0.1) is 6.92 Å². The van der Waals surface area contributed by atoms with Gasteiger partial charge < -0.3 is 11.1 Å². The average molecular weight is 285 g/mol. The Labute approximate surface area is 111 Å². The number of benzene rings is 1. The zero-order valence-electron chi connectivity index (χ0n) is 10.6. The number of amides is 2. The zero-order valence-corrected chi connectivity index (χ0v) is 11.4. The number of aryl methyl sites for hydroxylation is 1. The summed E-state index contributed by atoms with van der Waals surface area (Å²) < 4.78 is 26.0. The minimum absolute atomic E-state index is 0.0139. The Balaban J connectivity index is 3.10. The molecule has 0 spiro atoms. The Morgan fingerprint density at radius 3 is 2.47 bits per heavy atom. The van der Waals surface area contributed by atoms with Crippen molar-refractivity contribution >= 4 is 27.5 Å². The Morgan fingerprint density at radius 1 is 1.32 bits per heavy atom. The lowest BCUT2D eigenvalue weighted by Gasteiger charge is -2.10. The van der Waals surface area contributed by atoms with Gasteiger partial charge in [0.15, 0.2) is 0 Å². The second-order valence-electron chi connectivity index (χ2n) is 3.95. The molecule has 0 bridgehead atoms. The molecular weight excluding hydrogens is 270 g/mol. The van der Waals surface area contributed by atoms with E-state index in [0.717, 1.165) is 0 Å². The summed E-state index contributed by atoms with van der Waals surface area (Å²) in [5.74, 6) is -1.09. The van der Waals surface area contributed by atoms with E-state index in [1.165, 1.54) is 13.0 Å². The van der Waals surface area contributed by atoms with Crippen molar-refractivity contribution in [3.05, 3.63) is 23.8 Å². The van der Waals surface area contributed by atoms with Crippen LogP contribution in [0.15, 0.2) is 23.1 Å². The maximum absolute atomic E-state index is 12.0. The molecule has 4 N–H and O–H groups in total. The summed E-state index contributed by atoms with van der Waals surface area (Å²) >= 11 is 0. The molecule has 0 saturated heterocycles. The molecule has 0 unspecified atom stereocenters. The van der Waals surface area contributed by atoms with Crippen molar-refractivity contribution in [1.82, 2.24) is 4.72 Å². The number of nitrogens with two attached hydrogens (primary N) is 1. The monoisotopic (exact) mass is 285 g/mol. The van der Waals surface area contributed by atoms with Crippen LogP contribution in [-0.4, -0.2) is 26.8 Å². The number of rotatable bonds is 5. The lowest BCUT2D eigenvalue weighted by Crippen LogP contribution is -2.33. The first-order valence-corrected chi connectivity index (χ1v) is 6.87. The van der Waals surface area contributed by atoms with Gasteiger partial charge in [0, 0.05) is 12.6 Å². The van der Waals surface area contributed by atoms with Gasteiger partial charge >= 0.3 is 0 Å². The molecule has 19 heavy (non-hydrogen) atoms. The SMILES string of the molecule is CC(=O)Nc1ccc(C)c(S(=O)(=O)NCC(N)=O)c1. The number of nitrogens with one attached hydrogen (secondary N) is 2. The van der Waals surface area contributed by atoms with Gasteiger partial charge in [0.2, 0.25) is 21.8 Å². The molecule has 0 aromatic heterocycles. The summed E-state index contributed by atoms with van der Waals surface area (Å²) in [6, 6.07) is 4.47. The molecule has 1 aromatic carbocycles. The lowest BCUT2D eigenvalue weighted by atomic mass is 10.2. The summed E-state index contributed by atoms with van der Waals surface area (Å²) in [4.78, 5) is 21.5. The fraction of sp³-hybridized carbons (Fsp3) is 0.273. The van der Waals surface area contributed by atoms with Gasteiger partial charge in [-0.15, -0.1) is 0 Å². The smallest absolute Gasteiger partial charge is 0.241 e. The fourth-order valence-corrected chi connectivity index (χ4v) is 2.68. The number of anilines is 1. The highest BCUT2D eigenvalue weighted by molar-refractivity contribution is 7.89. The van der Waals surface area contributed by atoms with Crippen LogP contribution < -0.4 is 15.8 Å². The van der Waals surface area contributed by atoms with Crippen molar-refractivity contribution in [2.24, 2.45) is 5.73 Å². The van der Waals surface area contributed by atoms with Crippen LogP contribution >= 0.6 is 0 Å². The predicted molar refractivity (Wildman–Crippen MR) is 69.9 cm³/mol. The molecule has 0 aliphatic carbocycles. The van der Waals surface area contributed by atoms with E-state index >= 15 is 0 Å². The van der Waals surface area contributed by atoms with Crippen molar-refractivity contribution < 1.29 is 18.0 Å². The molecule has 1 rings (SSSR count). The number of carbonyl (C=O) groups excluding carboxylic acids is 2. The largest absolute Gasteiger partial charge is 0.369 e. The van der Waals surface area contributed by atoms with E-state index in [-0.39, 0.29) is 10.8 Å². The summed E-state index contributed by atoms with van der Waals surface area (Å²) in [6.45, 7) is 2.45. The topological polar surface area (TPSA) is 118 Å². The molecule has 0 fully saturated rings. The molecule has 7 nitrogen and oxygen atoms in total. The Morgan fingerprint density at radius 2 is 1.95 bits per heavy atom. The zero-order chi connectivity index (χ0) is 14.6. The molecule has 0 aliphatic heterocycles. The molecule has 0 radical (unpaired) electrons. The van der Waals surface area contributed by atoms with Gasteiger partial charge in [-0.05, 0) is 24.6 Å². The van der Waals surface area contributed by atoms with Gasteiger partial charge in [-0.1, -0.05) is 6.07 Å². The highest BCUT2D eigenvalue weighted by atomic mass is 32.2. The molecule has 0 aliphatic rings. The van der Waals surface area contributed by atoms with Crippen LogP contribution in [0.25, 0.3) is 0 Å². The number of sulfonamides is 1. The van der Waals surface area contributed by atoms with E-state index < -0.39 is 22.5 Å². The van der Waals surface area contributed by atoms with Gasteiger partial charge in [-0.2, -0.15) is 0 Å². The van der Waals surface area contributed by atoms with Crippen LogP contribution in [0.5, 0.6) is 0 Å². The van der Waals surface area contributed by atoms with Gasteiger partial charge in [0.25, 0.3) is 0 Å². The molecule has 1 aromatic rings. The predicted octanol–water partition coefficient (Wildman–Crippen LogP) is -0.283. The van der Waals surface area contributed by atoms with Crippen LogP contribution in [0.2, 0.25) is 0 Å². The third kappa shape index (κ3) is 4.34. The Bertz CT molecular complexity index is 610. The molecule has 0 atom stereocenters. The van der Waals surface area contributed by atoms with Gasteiger partial charge in [0.1, 0.15) is 0 Å². The van der Waals surface area contributed by atoms with Crippen LogP contribution in [0.4, 0.5) is 5.69 Å². The average Bonchev–Trinajstić information content (AvgIpc) is 2.28. The number of hydrogen-bond donors (Lipinski definition) is 3. The summed E-state index contributed by atoms with van der Waals surface area (Å²) in [5, 5.41) is 2.49. The van der Waals surface area contributed by atoms with E-state index in [0.29, 0.717) is 11.3 Å². The molecule has 0 saturated carbocycles. The molecular formula is C11H15N3O4S. The van der Waals surface area contributed by atoms with Gasteiger partial charge in [-0.3, -0.25) is 9.59 Å². The maximum Gasteiger partial charge on any atom is 0.241 e. The van der Waals surface area contributed by atoms with Crippen molar-refractivity contribution in [3.63, 3.8) is 0 Å². The van der Waals surface area contributed by atoms with E-state index in [2.05, 4.69) is 10.0 Å². The molecule has 2 amide bonds. The number of hydrogen-bond acceptors (Lipinski definition) is 4. The van der Waals surface area contributed by atoms with Crippen LogP contribution in [0.1, 0.15) is 12.5 Å². The molecule has 8 heteroatoms. The minimum Gasteiger partial charge on any atom is -0.369 e. The standard InChI is InChI=1S/C11H15N3O4S/c1-7-3-4-9(14-8(2)15)5-10(7)19(17,18)13-6-11(12)16/h3-5,13H,6H2,1-2H3,(H2,12,16)(H,14,15). The first-order chi connectivity index (χ1) is 8.72. The van der Waals surface area contributed by atoms with Crippen LogP contribution in [-0.2, 0) is 19.6 Å². The summed E-state index contributed by atoms with van der Waals surface area (Å²) in [5.41, 5.74) is 5.74. The van der Waals surface area contributed by atoms with Crippen molar-refractivity contribution in [3.8, 4) is 0 Å². The minimum atomic E-state index is -3.85. The van der Waals surface area contributed by atoms with Gasteiger partial charge in [0.05, 0.1) is 11.4 Å². The summed E-state index contributed by atoms with van der Waals surface area (Å²) in [7, 11) is -3.85. The third-order valence-corrected chi connectivity index (χ3v) is 3.78. The van der Waals surface area contributed by atoms with E-state index in [1.54, 1.807) is 19.1 Å². The second kappa shape index (κ2) is 5.81.